The molecule has 126 valence electrons. The molecule has 2 atom stereocenters. The molecule has 4 heteroatoms. The Balaban J connectivity index is 2.00. The Labute approximate surface area is 147 Å². The first-order valence-corrected chi connectivity index (χ1v) is 8.33. The molecule has 2 unspecified atom stereocenters. The average molecular weight is 332 g/mol. The molecule has 0 fully saturated rings. The van der Waals surface area contributed by atoms with Gasteiger partial charge in [0.15, 0.2) is 0 Å². The molecule has 3 rings (SSSR count). The van der Waals surface area contributed by atoms with Crippen LogP contribution in [0.2, 0.25) is 0 Å². The van der Waals surface area contributed by atoms with Crippen LogP contribution >= 0.6 is 0 Å². The van der Waals surface area contributed by atoms with Gasteiger partial charge in [-0.3, -0.25) is 0 Å². The van der Waals surface area contributed by atoms with Crippen LogP contribution in [0.5, 0.6) is 0 Å². The third-order valence-electron chi connectivity index (χ3n) is 4.06. The van der Waals surface area contributed by atoms with Crippen molar-refractivity contribution in [1.29, 1.82) is 5.26 Å². The number of nitriles is 1. The highest BCUT2D eigenvalue weighted by Crippen LogP contribution is 2.36. The van der Waals surface area contributed by atoms with Crippen molar-refractivity contribution in [3.8, 4) is 17.5 Å². The summed E-state index contributed by atoms with van der Waals surface area (Å²) < 4.78 is 11.7. The molecule has 0 bridgehead atoms. The van der Waals surface area contributed by atoms with E-state index in [-0.39, 0.29) is 6.10 Å². The molecule has 0 aliphatic rings. The van der Waals surface area contributed by atoms with E-state index in [1.165, 1.54) is 0 Å². The molecule has 0 aliphatic heterocycles. The lowest BCUT2D eigenvalue weighted by atomic mass is 9.93. The molecule has 2 aromatic carbocycles. The third kappa shape index (κ3) is 3.62. The number of hydrogen-bond acceptors (Lipinski definition) is 4. The van der Waals surface area contributed by atoms with Crippen molar-refractivity contribution in [3.63, 3.8) is 0 Å². The molecule has 25 heavy (non-hydrogen) atoms. The lowest BCUT2D eigenvalue weighted by Crippen LogP contribution is -2.15. The van der Waals surface area contributed by atoms with Crippen molar-refractivity contribution < 1.29 is 9.15 Å². The Hall–Kier alpha value is -2.90. The predicted octanol–water partition coefficient (Wildman–Crippen LogP) is 5.04. The van der Waals surface area contributed by atoms with E-state index in [0.29, 0.717) is 24.0 Å². The van der Waals surface area contributed by atoms with Gasteiger partial charge in [-0.1, -0.05) is 48.5 Å². The van der Waals surface area contributed by atoms with Gasteiger partial charge in [0.1, 0.15) is 23.5 Å². The van der Waals surface area contributed by atoms with E-state index in [0.717, 1.165) is 11.1 Å². The van der Waals surface area contributed by atoms with E-state index in [4.69, 9.17) is 9.15 Å². The number of aryl methyl sites for hydroxylation is 1. The average Bonchev–Trinajstić information content (AvgIpc) is 3.05. The van der Waals surface area contributed by atoms with Gasteiger partial charge >= 0.3 is 0 Å². The SMILES string of the molecule is CCOC(c1ccccc1)C(C#N)c1nc(-c2ccccc2)oc1C. The maximum absolute atomic E-state index is 9.83. The van der Waals surface area contributed by atoms with Crippen LogP contribution in [-0.2, 0) is 4.74 Å². The first kappa shape index (κ1) is 16.9. The van der Waals surface area contributed by atoms with Gasteiger partial charge in [-0.05, 0) is 31.5 Å². The minimum absolute atomic E-state index is 0.386. The monoisotopic (exact) mass is 332 g/mol. The molecular formula is C21H20N2O2. The molecule has 1 aromatic heterocycles. The zero-order valence-corrected chi connectivity index (χ0v) is 14.3. The van der Waals surface area contributed by atoms with Gasteiger partial charge in [0, 0.05) is 12.2 Å². The van der Waals surface area contributed by atoms with Crippen LogP contribution in [0.15, 0.2) is 65.1 Å². The second kappa shape index (κ2) is 7.78. The largest absolute Gasteiger partial charge is 0.441 e. The molecule has 0 radical (unpaired) electrons. The molecule has 4 nitrogen and oxygen atoms in total. The topological polar surface area (TPSA) is 59.0 Å². The summed E-state index contributed by atoms with van der Waals surface area (Å²) in [7, 11) is 0. The number of benzene rings is 2. The van der Waals surface area contributed by atoms with Crippen LogP contribution in [0.3, 0.4) is 0 Å². The van der Waals surface area contributed by atoms with E-state index < -0.39 is 5.92 Å². The maximum atomic E-state index is 9.83. The van der Waals surface area contributed by atoms with Crippen LogP contribution in [0.25, 0.3) is 11.5 Å². The summed E-state index contributed by atoms with van der Waals surface area (Å²) in [4.78, 5) is 4.61. The van der Waals surface area contributed by atoms with Crippen LogP contribution in [-0.4, -0.2) is 11.6 Å². The molecule has 0 spiro atoms. The molecule has 1 heterocycles. The zero-order valence-electron chi connectivity index (χ0n) is 14.3. The first-order chi connectivity index (χ1) is 12.2. The van der Waals surface area contributed by atoms with Crippen molar-refractivity contribution in [1.82, 2.24) is 4.98 Å². The van der Waals surface area contributed by atoms with Crippen molar-refractivity contribution in [2.24, 2.45) is 0 Å². The number of rotatable bonds is 6. The maximum Gasteiger partial charge on any atom is 0.226 e. The van der Waals surface area contributed by atoms with E-state index in [9.17, 15) is 5.26 Å². The normalized spacial score (nSPS) is 13.2. The molecular weight excluding hydrogens is 312 g/mol. The highest BCUT2D eigenvalue weighted by Gasteiger charge is 2.30. The van der Waals surface area contributed by atoms with Gasteiger partial charge in [-0.15, -0.1) is 0 Å². The summed E-state index contributed by atoms with van der Waals surface area (Å²) in [6.45, 7) is 4.28. The summed E-state index contributed by atoms with van der Waals surface area (Å²) in [6, 6.07) is 21.8. The Morgan fingerprint density at radius 2 is 1.72 bits per heavy atom. The minimum Gasteiger partial charge on any atom is -0.441 e. The van der Waals surface area contributed by atoms with Crippen molar-refractivity contribution in [3.05, 3.63) is 77.7 Å². The molecule has 0 amide bonds. The quantitative estimate of drug-likeness (QED) is 0.635. The smallest absolute Gasteiger partial charge is 0.226 e. The van der Waals surface area contributed by atoms with E-state index >= 15 is 0 Å². The molecule has 3 aromatic rings. The second-order valence-electron chi connectivity index (χ2n) is 5.72. The van der Waals surface area contributed by atoms with Crippen LogP contribution in [0.1, 0.15) is 36.0 Å². The van der Waals surface area contributed by atoms with Gasteiger partial charge in [-0.2, -0.15) is 5.26 Å². The fraction of sp³-hybridized carbons (Fsp3) is 0.238. The summed E-state index contributed by atoms with van der Waals surface area (Å²) in [6.07, 6.45) is -0.386. The van der Waals surface area contributed by atoms with Gasteiger partial charge in [0.2, 0.25) is 5.89 Å². The Bertz CT molecular complexity index is 851. The number of hydrogen-bond donors (Lipinski definition) is 0. The van der Waals surface area contributed by atoms with Gasteiger partial charge in [0.25, 0.3) is 0 Å². The second-order valence-corrected chi connectivity index (χ2v) is 5.72. The lowest BCUT2D eigenvalue weighted by Gasteiger charge is -2.21. The van der Waals surface area contributed by atoms with Gasteiger partial charge in [0.05, 0.1) is 6.07 Å². The number of oxazole rings is 1. The highest BCUT2D eigenvalue weighted by atomic mass is 16.5. The summed E-state index contributed by atoms with van der Waals surface area (Å²) in [5.41, 5.74) is 2.48. The van der Waals surface area contributed by atoms with Crippen molar-refractivity contribution >= 4 is 0 Å². The van der Waals surface area contributed by atoms with Gasteiger partial charge in [-0.25, -0.2) is 4.98 Å². The molecule has 0 saturated carbocycles. The fourth-order valence-electron chi connectivity index (χ4n) is 2.88. The van der Waals surface area contributed by atoms with E-state index in [1.54, 1.807) is 0 Å². The van der Waals surface area contributed by atoms with Crippen LogP contribution in [0.4, 0.5) is 0 Å². The standard InChI is InChI=1S/C21H20N2O2/c1-3-24-20(16-10-6-4-7-11-16)18(14-22)19-15(2)25-21(23-19)17-12-8-5-9-13-17/h4-13,18,20H,3H2,1-2H3. The number of aromatic nitrogens is 1. The van der Waals surface area contributed by atoms with Gasteiger partial charge < -0.3 is 9.15 Å². The molecule has 0 saturated heterocycles. The number of nitrogens with zero attached hydrogens (tertiary/aromatic N) is 2. The van der Waals surface area contributed by atoms with Crippen molar-refractivity contribution in [2.75, 3.05) is 6.61 Å². The molecule has 0 aliphatic carbocycles. The summed E-state index contributed by atoms with van der Waals surface area (Å²) >= 11 is 0. The third-order valence-corrected chi connectivity index (χ3v) is 4.06. The summed E-state index contributed by atoms with van der Waals surface area (Å²) in [5.74, 6) is 0.631. The highest BCUT2D eigenvalue weighted by molar-refractivity contribution is 5.53. The Kier molecular flexibility index (Phi) is 5.27. The fourth-order valence-corrected chi connectivity index (χ4v) is 2.88. The predicted molar refractivity (Wildman–Crippen MR) is 95.8 cm³/mol. The lowest BCUT2D eigenvalue weighted by molar-refractivity contribution is 0.0527. The first-order valence-electron chi connectivity index (χ1n) is 8.33. The van der Waals surface area contributed by atoms with Crippen LogP contribution < -0.4 is 0 Å². The minimum atomic E-state index is -0.538. The molecule has 0 N–H and O–H groups in total. The van der Waals surface area contributed by atoms with Crippen LogP contribution in [0, 0.1) is 18.3 Å². The van der Waals surface area contributed by atoms with E-state index in [2.05, 4.69) is 11.1 Å². The van der Waals surface area contributed by atoms with E-state index in [1.807, 2.05) is 74.5 Å². The Morgan fingerprint density at radius 1 is 1.08 bits per heavy atom. The summed E-state index contributed by atoms with van der Waals surface area (Å²) in [5, 5.41) is 9.83. The Morgan fingerprint density at radius 3 is 2.32 bits per heavy atom. The number of ether oxygens (including phenoxy) is 1. The van der Waals surface area contributed by atoms with Crippen molar-refractivity contribution in [2.45, 2.75) is 25.9 Å². The zero-order chi connectivity index (χ0) is 17.6.